The highest BCUT2D eigenvalue weighted by atomic mass is 35.5. The summed E-state index contributed by atoms with van der Waals surface area (Å²) in [5, 5.41) is 18.2. The van der Waals surface area contributed by atoms with E-state index in [0.29, 0.717) is 39.0 Å². The van der Waals surface area contributed by atoms with E-state index in [9.17, 15) is 24.0 Å². The Kier molecular flexibility index (Phi) is 11.3. The average Bonchev–Trinajstić information content (AvgIpc) is 3.47. The number of hydrogen-bond acceptors (Lipinski definition) is 12. The predicted molar refractivity (Wildman–Crippen MR) is 211 cm³/mol. The summed E-state index contributed by atoms with van der Waals surface area (Å²) in [7, 11) is 0. The second kappa shape index (κ2) is 16.7. The van der Waals surface area contributed by atoms with Gasteiger partial charge in [0.1, 0.15) is 17.9 Å². The third kappa shape index (κ3) is 8.39. The Morgan fingerprint density at radius 3 is 2.35 bits per heavy atom. The Bertz CT molecular complexity index is 2040. The number of halogens is 1. The fourth-order valence-electron chi connectivity index (χ4n) is 8.75. The first-order valence-electron chi connectivity index (χ1n) is 19.9. The van der Waals surface area contributed by atoms with Crippen molar-refractivity contribution < 1.29 is 28.7 Å². The number of amides is 5. The maximum absolute atomic E-state index is 13.3. The fourth-order valence-corrected chi connectivity index (χ4v) is 8.97. The zero-order chi connectivity index (χ0) is 39.6. The monoisotopic (exact) mass is 795 g/mol. The number of anilines is 1. The number of likely N-dealkylation sites (tertiary alicyclic amines) is 1. The Morgan fingerprint density at radius 2 is 1.67 bits per heavy atom. The summed E-state index contributed by atoms with van der Waals surface area (Å²) >= 11 is 6.15. The van der Waals surface area contributed by atoms with E-state index in [-0.39, 0.29) is 37.2 Å². The van der Waals surface area contributed by atoms with Crippen LogP contribution in [0.15, 0.2) is 53.2 Å². The van der Waals surface area contributed by atoms with E-state index in [0.717, 1.165) is 94.9 Å². The highest BCUT2D eigenvalue weighted by Crippen LogP contribution is 2.32. The van der Waals surface area contributed by atoms with E-state index in [4.69, 9.17) is 26.6 Å². The first kappa shape index (κ1) is 38.6. The molecule has 2 aromatic rings. The number of imide groups is 2. The van der Waals surface area contributed by atoms with Crippen LogP contribution < -0.4 is 25.6 Å². The molecule has 5 amide bonds. The number of nitriles is 1. The van der Waals surface area contributed by atoms with Crippen LogP contribution in [0.2, 0.25) is 5.02 Å². The van der Waals surface area contributed by atoms with Gasteiger partial charge < -0.3 is 20.3 Å². The van der Waals surface area contributed by atoms with Crippen LogP contribution in [0.4, 0.5) is 5.69 Å². The molecule has 15 nitrogen and oxygen atoms in total. The number of carbonyl (C=O) groups excluding carboxylic acids is 5. The molecule has 3 N–H and O–H groups in total. The van der Waals surface area contributed by atoms with E-state index in [1.54, 1.807) is 42.7 Å². The number of piperazine rings is 1. The Labute approximate surface area is 336 Å². The second-order valence-electron chi connectivity index (χ2n) is 15.7. The topological polar surface area (TPSA) is 180 Å². The van der Waals surface area contributed by atoms with E-state index >= 15 is 0 Å². The van der Waals surface area contributed by atoms with Gasteiger partial charge in [-0.25, -0.2) is 0 Å². The minimum absolute atomic E-state index is 0.0311. The number of ether oxygens (including phenoxy) is 1. The number of piperidine rings is 2. The molecule has 57 heavy (non-hydrogen) atoms. The van der Waals surface area contributed by atoms with E-state index < -0.39 is 29.7 Å². The lowest BCUT2D eigenvalue weighted by Crippen LogP contribution is -2.54. The number of nitrogens with zero attached hydrogens (tertiary/aromatic N) is 6. The largest absolute Gasteiger partial charge is 0.490 e. The summed E-state index contributed by atoms with van der Waals surface area (Å²) in [6, 6.07) is 11.6. The van der Waals surface area contributed by atoms with Crippen LogP contribution in [0.25, 0.3) is 0 Å². The minimum atomic E-state index is -0.975. The van der Waals surface area contributed by atoms with Gasteiger partial charge in [0.05, 0.1) is 33.4 Å². The van der Waals surface area contributed by atoms with Crippen molar-refractivity contribution in [2.75, 3.05) is 50.7 Å². The Hall–Kier alpha value is -5.30. The molecule has 0 aromatic heterocycles. The number of hydrogen-bond donors (Lipinski definition) is 3. The summed E-state index contributed by atoms with van der Waals surface area (Å²) in [4.78, 5) is 76.2. The molecule has 0 spiro atoms. The van der Waals surface area contributed by atoms with Gasteiger partial charge in [-0.1, -0.05) is 11.6 Å². The normalized spacial score (nSPS) is 26.0. The van der Waals surface area contributed by atoms with Crippen molar-refractivity contribution in [1.29, 1.82) is 5.26 Å². The number of aliphatic imine (C=N–C) groups is 1. The molecule has 2 unspecified atom stereocenters. The molecule has 6 aliphatic rings. The molecule has 16 heteroatoms. The van der Waals surface area contributed by atoms with Crippen LogP contribution in [0.5, 0.6) is 5.75 Å². The summed E-state index contributed by atoms with van der Waals surface area (Å²) in [6.45, 7) is 6.21. The predicted octanol–water partition coefficient (Wildman–Crippen LogP) is 2.79. The average molecular weight is 796 g/mol. The SMILES string of the molecule is N#Cc1ccc(OC2CCC(NC(=O)C3=CNC(N4CCC(CN5CCN(c6ccc7c(c6)C(=O)N(C6CCC(=O)NC6=O)C7=O)CC5)CC4)N=C3)CC2)cc1Cl. The van der Waals surface area contributed by atoms with Gasteiger partial charge in [-0.15, -0.1) is 0 Å². The lowest BCUT2D eigenvalue weighted by molar-refractivity contribution is -0.136. The number of carbonyl (C=O) groups is 5. The molecule has 3 saturated heterocycles. The lowest BCUT2D eigenvalue weighted by Gasteiger charge is -2.40. The summed E-state index contributed by atoms with van der Waals surface area (Å²) in [6.07, 6.45) is 8.84. The van der Waals surface area contributed by atoms with Crippen LogP contribution in [-0.2, 0) is 14.4 Å². The molecule has 5 heterocycles. The number of nitrogens with one attached hydrogen (secondary N) is 3. The van der Waals surface area contributed by atoms with Crippen LogP contribution >= 0.6 is 11.6 Å². The minimum Gasteiger partial charge on any atom is -0.490 e. The lowest BCUT2D eigenvalue weighted by atomic mass is 9.92. The molecular formula is C41H46ClN9O6. The van der Waals surface area contributed by atoms with Crippen LogP contribution in [0.1, 0.15) is 77.6 Å². The first-order valence-corrected chi connectivity index (χ1v) is 20.2. The van der Waals surface area contributed by atoms with Gasteiger partial charge in [0.15, 0.2) is 6.29 Å². The van der Waals surface area contributed by atoms with Gasteiger partial charge in [0.2, 0.25) is 11.8 Å². The van der Waals surface area contributed by atoms with Crippen molar-refractivity contribution in [2.24, 2.45) is 10.9 Å². The van der Waals surface area contributed by atoms with Gasteiger partial charge in [0, 0.05) is 82.4 Å². The van der Waals surface area contributed by atoms with E-state index in [1.807, 2.05) is 6.07 Å². The summed E-state index contributed by atoms with van der Waals surface area (Å²) < 4.78 is 6.09. The Morgan fingerprint density at radius 1 is 0.912 bits per heavy atom. The highest BCUT2D eigenvalue weighted by Gasteiger charge is 2.45. The quantitative estimate of drug-likeness (QED) is 0.318. The van der Waals surface area contributed by atoms with Crippen molar-refractivity contribution in [3.8, 4) is 11.8 Å². The molecule has 8 rings (SSSR count). The molecule has 0 radical (unpaired) electrons. The molecule has 2 aromatic carbocycles. The standard InChI is InChI=1S/C41H46ClN9O6/c42-34-20-31(5-1-26(34)21-43)57-30-6-2-28(3-7-30)46-37(53)27-22-44-41(45-23-27)50-13-11-25(12-14-50)24-48-15-17-49(18-16-48)29-4-8-32-33(19-29)40(56)51(39(32)55)35-9-10-36(52)47-38(35)54/h1,4-5,8,19-20,22-23,25,28,30,35,41,44H,2-3,6-7,9-18,24H2,(H,46,53)(H,47,52,54). The van der Waals surface area contributed by atoms with Gasteiger partial charge in [-0.05, 0) is 81.2 Å². The maximum Gasteiger partial charge on any atom is 0.262 e. The highest BCUT2D eigenvalue weighted by molar-refractivity contribution is 6.31. The van der Waals surface area contributed by atoms with Crippen LogP contribution in [0, 0.1) is 17.2 Å². The second-order valence-corrected chi connectivity index (χ2v) is 16.1. The molecule has 0 bridgehead atoms. The third-order valence-corrected chi connectivity index (χ3v) is 12.4. The summed E-state index contributed by atoms with van der Waals surface area (Å²) in [5.41, 5.74) is 2.41. The van der Waals surface area contributed by atoms with E-state index in [1.165, 1.54) is 0 Å². The fraction of sp³-hybridized carbons (Fsp3) is 0.488. The zero-order valence-electron chi connectivity index (χ0n) is 31.6. The molecule has 1 aliphatic carbocycles. The van der Waals surface area contributed by atoms with Gasteiger partial charge in [-0.3, -0.25) is 49.0 Å². The van der Waals surface area contributed by atoms with Crippen molar-refractivity contribution in [2.45, 2.75) is 75.8 Å². The zero-order valence-corrected chi connectivity index (χ0v) is 32.4. The Balaban J connectivity index is 0.736. The van der Waals surface area contributed by atoms with Gasteiger partial charge >= 0.3 is 0 Å². The number of fused-ring (bicyclic) bond motifs is 1. The molecule has 1 saturated carbocycles. The first-order chi connectivity index (χ1) is 27.6. The van der Waals surface area contributed by atoms with Crippen molar-refractivity contribution >= 4 is 53.0 Å². The molecule has 298 valence electrons. The molecule has 2 atom stereocenters. The smallest absolute Gasteiger partial charge is 0.262 e. The van der Waals surface area contributed by atoms with Crippen molar-refractivity contribution in [1.82, 2.24) is 30.7 Å². The van der Waals surface area contributed by atoms with Crippen molar-refractivity contribution in [3.05, 3.63) is 69.9 Å². The van der Waals surface area contributed by atoms with Gasteiger partial charge in [0.25, 0.3) is 17.7 Å². The molecule has 4 fully saturated rings. The number of rotatable bonds is 9. The van der Waals surface area contributed by atoms with Crippen LogP contribution in [-0.4, -0.2) is 121 Å². The van der Waals surface area contributed by atoms with Crippen molar-refractivity contribution in [3.63, 3.8) is 0 Å². The third-order valence-electron chi connectivity index (χ3n) is 12.1. The summed E-state index contributed by atoms with van der Waals surface area (Å²) in [5.74, 6) is -0.902. The van der Waals surface area contributed by atoms with E-state index in [2.05, 4.69) is 36.7 Å². The maximum atomic E-state index is 13.3. The molecular weight excluding hydrogens is 750 g/mol. The number of benzene rings is 2. The van der Waals surface area contributed by atoms with Crippen LogP contribution in [0.3, 0.4) is 0 Å². The molecule has 5 aliphatic heterocycles. The van der Waals surface area contributed by atoms with Gasteiger partial charge in [-0.2, -0.15) is 5.26 Å².